The summed E-state index contributed by atoms with van der Waals surface area (Å²) in [6.07, 6.45) is 12.0. The zero-order chi connectivity index (χ0) is 29.9. The molecule has 2 atom stereocenters. The third kappa shape index (κ3) is 7.58. The Hall–Kier alpha value is -3.00. The van der Waals surface area contributed by atoms with Crippen LogP contribution in [0.15, 0.2) is 133 Å². The van der Waals surface area contributed by atoms with Crippen LogP contribution in [-0.2, 0) is 37.0 Å². The number of halogens is 2. The molecule has 0 fully saturated rings. The Morgan fingerprint density at radius 2 is 0.783 bits per heavy atom. The summed E-state index contributed by atoms with van der Waals surface area (Å²) >= 11 is 0. The van der Waals surface area contributed by atoms with Crippen molar-refractivity contribution < 1.29 is 26.2 Å². The minimum absolute atomic E-state index is 0. The summed E-state index contributed by atoms with van der Waals surface area (Å²) in [6.45, 7) is 8.80. The van der Waals surface area contributed by atoms with Crippen molar-refractivity contribution in [3.8, 4) is 0 Å². The van der Waals surface area contributed by atoms with E-state index in [1.807, 2.05) is 0 Å². The first-order valence-electron chi connectivity index (χ1n) is 15.0. The van der Waals surface area contributed by atoms with Crippen LogP contribution < -0.4 is 20.9 Å². The Morgan fingerprint density at radius 3 is 1.17 bits per heavy atom. The molecule has 0 nitrogen and oxygen atoms in total. The smallest absolute Gasteiger partial charge is 0.189 e. The minimum Gasteiger partial charge on any atom is -0.189 e. The fourth-order valence-corrected chi connectivity index (χ4v) is 6.37. The van der Waals surface area contributed by atoms with Crippen molar-refractivity contribution in [3.63, 3.8) is 0 Å². The Morgan fingerprint density at radius 1 is 0.457 bits per heavy atom. The van der Waals surface area contributed by atoms with E-state index in [0.29, 0.717) is 0 Å². The van der Waals surface area contributed by atoms with Gasteiger partial charge in [0.15, 0.2) is 0 Å². The monoisotopic (exact) mass is 730 g/mol. The number of fused-ring (bicyclic) bond motifs is 4. The predicted molar refractivity (Wildman–Crippen MR) is 202 cm³/mol. The van der Waals surface area contributed by atoms with Gasteiger partial charge in [-0.25, -0.2) is 0 Å². The summed E-state index contributed by atoms with van der Waals surface area (Å²) in [4.78, 5) is 0. The zero-order valence-electron chi connectivity index (χ0n) is 26.7. The van der Waals surface area contributed by atoms with E-state index < -0.39 is 0 Å². The summed E-state index contributed by atoms with van der Waals surface area (Å²) in [7, 11) is 1.08. The van der Waals surface area contributed by atoms with E-state index >= 15 is 0 Å². The summed E-state index contributed by atoms with van der Waals surface area (Å²) in [5.41, 5.74) is 2.35. The minimum atomic E-state index is -0.148. The first kappa shape index (κ1) is 37.5. The molecule has 2 unspecified atom stereocenters. The van der Waals surface area contributed by atoms with Crippen molar-refractivity contribution >= 4 is 80.2 Å². The van der Waals surface area contributed by atoms with E-state index in [4.69, 9.17) is 0 Å². The molecule has 4 heteroatoms. The number of hydrogen-bond donors (Lipinski definition) is 0. The van der Waals surface area contributed by atoms with Crippen LogP contribution in [0.3, 0.4) is 0 Å². The van der Waals surface area contributed by atoms with Gasteiger partial charge in [-0.2, -0.15) is 34.7 Å². The molecule has 0 spiro atoms. The Bertz CT molecular complexity index is 1950. The first-order chi connectivity index (χ1) is 20.9. The molecular formula is C42H38Cl2SiZr. The van der Waals surface area contributed by atoms with Crippen LogP contribution in [0.1, 0.15) is 25.0 Å². The van der Waals surface area contributed by atoms with Gasteiger partial charge in [0, 0.05) is 9.52 Å². The van der Waals surface area contributed by atoms with E-state index in [2.05, 4.69) is 185 Å². The van der Waals surface area contributed by atoms with Gasteiger partial charge in [-0.3, -0.25) is 0 Å². The van der Waals surface area contributed by atoms with Crippen molar-refractivity contribution in [2.24, 2.45) is 0 Å². The summed E-state index contributed by atoms with van der Waals surface area (Å²) in [5.74, 6) is 0. The van der Waals surface area contributed by atoms with E-state index in [-0.39, 0.29) is 61.8 Å². The van der Waals surface area contributed by atoms with Crippen LogP contribution in [0.5, 0.6) is 0 Å². The normalized spacial score (nSPS) is 18.0. The molecule has 2 radical (unpaired) electrons. The summed E-state index contributed by atoms with van der Waals surface area (Å²) in [5, 5.41) is 10.2. The molecule has 228 valence electrons. The Labute approximate surface area is 307 Å². The van der Waals surface area contributed by atoms with Gasteiger partial charge >= 0.3 is 26.2 Å². The average molecular weight is 733 g/mol. The maximum absolute atomic E-state index is 3.66. The van der Waals surface area contributed by atoms with Crippen molar-refractivity contribution in [3.05, 3.63) is 165 Å². The van der Waals surface area contributed by atoms with Crippen molar-refractivity contribution in [2.75, 3.05) is 0 Å². The first-order valence-corrected chi connectivity index (χ1v) is 17.0. The molecule has 0 saturated carbocycles. The molecule has 2 aliphatic rings. The van der Waals surface area contributed by atoms with Crippen LogP contribution >= 0.6 is 24.8 Å². The second-order valence-electron chi connectivity index (χ2n) is 11.7. The fraction of sp³-hybridized carbons (Fsp3) is 0.143. The van der Waals surface area contributed by atoms with Gasteiger partial charge in [0.05, 0.1) is 0 Å². The van der Waals surface area contributed by atoms with E-state index in [9.17, 15) is 0 Å². The molecule has 0 N–H and O–H groups in total. The second-order valence-corrected chi connectivity index (χ2v) is 12.7. The maximum atomic E-state index is 3.66. The van der Waals surface area contributed by atoms with Crippen molar-refractivity contribution in [1.29, 1.82) is 0 Å². The molecule has 0 aromatic heterocycles. The van der Waals surface area contributed by atoms with Crippen LogP contribution in [0, 0.1) is 0 Å². The molecule has 6 aromatic rings. The van der Waals surface area contributed by atoms with Gasteiger partial charge in [0.1, 0.15) is 0 Å². The van der Waals surface area contributed by atoms with Gasteiger partial charge in [-0.15, -0.1) is 71.7 Å². The largest absolute Gasteiger partial charge is 2.00 e. The maximum Gasteiger partial charge on any atom is 2.00 e. The predicted octanol–water partition coefficient (Wildman–Crippen LogP) is 8.13. The summed E-state index contributed by atoms with van der Waals surface area (Å²) < 4.78 is 0. The fourth-order valence-electron chi connectivity index (χ4n) is 6.37. The number of hydrogen-bond acceptors (Lipinski definition) is 0. The van der Waals surface area contributed by atoms with Gasteiger partial charge in [-0.1, -0.05) is 124 Å². The van der Waals surface area contributed by atoms with Crippen molar-refractivity contribution in [2.45, 2.75) is 37.8 Å². The molecule has 0 saturated heterocycles. The van der Waals surface area contributed by atoms with Crippen molar-refractivity contribution in [1.82, 2.24) is 0 Å². The van der Waals surface area contributed by atoms with Gasteiger partial charge in [0.2, 0.25) is 0 Å². The average Bonchev–Trinajstić information content (AvgIpc) is 3.58. The molecule has 46 heavy (non-hydrogen) atoms. The molecule has 8 rings (SSSR count). The Balaban J connectivity index is 0.000000218. The molecule has 0 heterocycles. The molecule has 0 aliphatic heterocycles. The quantitative estimate of drug-likeness (QED) is 0.125. The Kier molecular flexibility index (Phi) is 13.2. The number of benzene rings is 6. The zero-order valence-corrected chi connectivity index (χ0v) is 31.8. The topological polar surface area (TPSA) is 0 Å². The third-order valence-corrected chi connectivity index (χ3v) is 8.30. The van der Waals surface area contributed by atoms with Crippen LogP contribution in [-0.4, -0.2) is 9.52 Å². The second kappa shape index (κ2) is 16.2. The van der Waals surface area contributed by atoms with Gasteiger partial charge < -0.3 is 0 Å². The SMILES string of the molecule is CC1(c2cccc3ccccc23)[C-]=c2ccccc2=C1.CC1(c2cccc3ccccc23)[C-]=c2ccccc2=C1.C[Si]C.Cl.Cl.[Zr+2]. The molecule has 6 aromatic carbocycles. The van der Waals surface area contributed by atoms with Crippen LogP contribution in [0.25, 0.3) is 45.8 Å². The number of rotatable bonds is 2. The third-order valence-electron chi connectivity index (χ3n) is 8.30. The van der Waals surface area contributed by atoms with Gasteiger partial charge in [0.25, 0.3) is 0 Å². The van der Waals surface area contributed by atoms with E-state index in [1.165, 1.54) is 53.5 Å². The van der Waals surface area contributed by atoms with Crippen LogP contribution in [0.2, 0.25) is 13.1 Å². The summed E-state index contributed by atoms with van der Waals surface area (Å²) in [6, 6.07) is 47.2. The van der Waals surface area contributed by atoms with Gasteiger partial charge in [-0.05, 0) is 43.5 Å². The van der Waals surface area contributed by atoms with Crippen LogP contribution in [0.4, 0.5) is 0 Å². The molecule has 0 bridgehead atoms. The van der Waals surface area contributed by atoms with E-state index in [0.717, 1.165) is 9.52 Å². The molecule has 0 amide bonds. The molecular weight excluding hydrogens is 695 g/mol. The standard InChI is InChI=1S/2C20H15.C2H6Si.2ClH.Zr/c2*1-20(13-16-8-2-3-9-17(16)14-20)19-12-6-10-15-7-4-5-11-18(15)19;1-3-2;;;/h2*2-13H,1H3;1-2H3;2*1H;/q2*-1;;;;+2. The van der Waals surface area contributed by atoms with E-state index in [1.54, 1.807) is 0 Å². The molecule has 2 aliphatic carbocycles.